The molecule has 26 heavy (non-hydrogen) atoms. The second-order valence-electron chi connectivity index (χ2n) is 5.73. The van der Waals surface area contributed by atoms with E-state index in [-0.39, 0.29) is 11.1 Å². The zero-order chi connectivity index (χ0) is 18.5. The van der Waals surface area contributed by atoms with Crippen molar-refractivity contribution in [3.8, 4) is 0 Å². The number of nitrogens with one attached hydrogen (secondary N) is 2. The van der Waals surface area contributed by atoms with Crippen molar-refractivity contribution >= 4 is 34.2 Å². The average Bonchev–Trinajstić information content (AvgIpc) is 2.67. The van der Waals surface area contributed by atoms with Gasteiger partial charge in [0.2, 0.25) is 5.43 Å². The summed E-state index contributed by atoms with van der Waals surface area (Å²) in [6, 6.07) is 11.3. The molecule has 3 aromatic rings. The number of fused-ring (bicyclic) bond motifs is 1. The zero-order valence-electron chi connectivity index (χ0n) is 14.4. The van der Waals surface area contributed by atoms with E-state index in [2.05, 4.69) is 20.3 Å². The fraction of sp³-hybridized carbons (Fsp3) is 0.105. The van der Waals surface area contributed by atoms with Gasteiger partial charge in [0.05, 0.1) is 11.2 Å². The predicted octanol–water partition coefficient (Wildman–Crippen LogP) is 2.12. The van der Waals surface area contributed by atoms with Gasteiger partial charge in [-0.15, -0.1) is 0 Å². The molecule has 0 bridgehead atoms. The number of hydrogen-bond donors (Lipinski definition) is 4. The van der Waals surface area contributed by atoms with Crippen LogP contribution in [0.3, 0.4) is 0 Å². The molecule has 0 aliphatic heterocycles. The highest BCUT2D eigenvalue weighted by Crippen LogP contribution is 2.18. The monoisotopic (exact) mass is 348 g/mol. The Balaban J connectivity index is 1.88. The Bertz CT molecular complexity index is 1050. The lowest BCUT2D eigenvalue weighted by Gasteiger charge is -2.12. The van der Waals surface area contributed by atoms with E-state index in [4.69, 9.17) is 11.5 Å². The van der Waals surface area contributed by atoms with Gasteiger partial charge in [0.15, 0.2) is 0 Å². The summed E-state index contributed by atoms with van der Waals surface area (Å²) in [4.78, 5) is 23.5. The van der Waals surface area contributed by atoms with Crippen molar-refractivity contribution in [1.82, 2.24) is 9.97 Å². The summed E-state index contributed by atoms with van der Waals surface area (Å²) in [5, 5.41) is 4.23. The third-order valence-corrected chi connectivity index (χ3v) is 3.97. The molecule has 0 spiro atoms. The number of H-pyrrole nitrogens is 1. The lowest BCUT2D eigenvalue weighted by molar-refractivity contribution is 1.11. The Labute approximate surface area is 150 Å². The number of aromatic amines is 1. The first-order valence-corrected chi connectivity index (χ1v) is 8.07. The Morgan fingerprint density at radius 2 is 2.19 bits per heavy atom. The summed E-state index contributed by atoms with van der Waals surface area (Å²) in [5.41, 5.74) is 14.5. The number of rotatable bonds is 5. The van der Waals surface area contributed by atoms with Crippen LogP contribution in [0.4, 0.5) is 11.5 Å². The molecule has 0 atom stereocenters. The molecule has 7 nitrogen and oxygen atoms in total. The second kappa shape index (κ2) is 7.52. The standard InChI is InChI=1S/C19H20N6O/c1-22-11-14(9-20)16-8-17(26)18(21)19(25-16)24-10-12-4-5-15-13(7-12)3-2-6-23-15/h2-9,11H,10,20-21H2,1H3,(H2,24,25,26). The van der Waals surface area contributed by atoms with Crippen molar-refractivity contribution in [2.45, 2.75) is 6.54 Å². The first-order valence-electron chi connectivity index (χ1n) is 8.07. The lowest BCUT2D eigenvalue weighted by atomic mass is 10.1. The maximum Gasteiger partial charge on any atom is 0.207 e. The molecule has 0 amide bonds. The normalized spacial score (nSPS) is 12.0. The van der Waals surface area contributed by atoms with E-state index in [1.165, 1.54) is 12.3 Å². The number of hydrogen-bond acceptors (Lipinski definition) is 6. The van der Waals surface area contributed by atoms with Crippen molar-refractivity contribution in [1.29, 1.82) is 0 Å². The number of anilines is 2. The topological polar surface area (TPSA) is 122 Å². The van der Waals surface area contributed by atoms with E-state index in [0.717, 1.165) is 16.5 Å². The highest BCUT2D eigenvalue weighted by Gasteiger charge is 2.09. The molecule has 1 aromatic carbocycles. The molecule has 0 aliphatic carbocycles. The third kappa shape index (κ3) is 3.56. The highest BCUT2D eigenvalue weighted by molar-refractivity contribution is 6.09. The first kappa shape index (κ1) is 17.2. The summed E-state index contributed by atoms with van der Waals surface area (Å²) in [6.45, 7) is 0.498. The summed E-state index contributed by atoms with van der Waals surface area (Å²) in [6.07, 6.45) is 4.72. The van der Waals surface area contributed by atoms with Gasteiger partial charge in [-0.05, 0) is 23.8 Å². The SMILES string of the molecule is CN=CC(=CN)c1cc(=O)c(N)c(NCc2ccc3ncccc3c2)[nH]1. The van der Waals surface area contributed by atoms with E-state index in [1.54, 1.807) is 19.5 Å². The zero-order valence-corrected chi connectivity index (χ0v) is 14.4. The minimum absolute atomic E-state index is 0.126. The van der Waals surface area contributed by atoms with Crippen molar-refractivity contribution in [3.63, 3.8) is 0 Å². The lowest BCUT2D eigenvalue weighted by Crippen LogP contribution is -2.15. The molecule has 0 radical (unpaired) electrons. The average molecular weight is 348 g/mol. The molecular weight excluding hydrogens is 328 g/mol. The molecule has 0 fully saturated rings. The van der Waals surface area contributed by atoms with Crippen LogP contribution in [0.1, 0.15) is 11.3 Å². The van der Waals surface area contributed by atoms with Crippen LogP contribution in [0.5, 0.6) is 0 Å². The van der Waals surface area contributed by atoms with Gasteiger partial charge in [0.25, 0.3) is 0 Å². The highest BCUT2D eigenvalue weighted by atomic mass is 16.1. The number of nitrogens with zero attached hydrogens (tertiary/aromatic N) is 2. The fourth-order valence-electron chi connectivity index (χ4n) is 2.63. The number of benzene rings is 1. The van der Waals surface area contributed by atoms with E-state index in [0.29, 0.717) is 23.6 Å². The molecule has 6 N–H and O–H groups in total. The smallest absolute Gasteiger partial charge is 0.207 e. The van der Waals surface area contributed by atoms with Gasteiger partial charge < -0.3 is 21.8 Å². The number of nitrogens with two attached hydrogens (primary N) is 2. The molecule has 132 valence electrons. The summed E-state index contributed by atoms with van der Waals surface area (Å²) in [7, 11) is 1.63. The van der Waals surface area contributed by atoms with Crippen LogP contribution in [-0.2, 0) is 6.54 Å². The Morgan fingerprint density at radius 1 is 1.35 bits per heavy atom. The molecular formula is C19H20N6O. The molecule has 2 aromatic heterocycles. The van der Waals surface area contributed by atoms with Gasteiger partial charge >= 0.3 is 0 Å². The van der Waals surface area contributed by atoms with Crippen LogP contribution < -0.4 is 22.2 Å². The van der Waals surface area contributed by atoms with Crippen LogP contribution in [0.15, 0.2) is 58.6 Å². The molecule has 0 saturated heterocycles. The Hall–Kier alpha value is -3.61. The predicted molar refractivity (Wildman–Crippen MR) is 107 cm³/mol. The number of pyridine rings is 2. The van der Waals surface area contributed by atoms with Crippen LogP contribution in [0, 0.1) is 0 Å². The van der Waals surface area contributed by atoms with E-state index >= 15 is 0 Å². The number of nitrogen functional groups attached to an aromatic ring is 1. The number of allylic oxidation sites excluding steroid dienone is 1. The second-order valence-corrected chi connectivity index (χ2v) is 5.73. The van der Waals surface area contributed by atoms with Gasteiger partial charge in [-0.2, -0.15) is 0 Å². The molecule has 2 heterocycles. The quantitative estimate of drug-likeness (QED) is 0.526. The van der Waals surface area contributed by atoms with Gasteiger partial charge in [0, 0.05) is 49.2 Å². The van der Waals surface area contributed by atoms with E-state index in [1.807, 2.05) is 30.3 Å². The van der Waals surface area contributed by atoms with Gasteiger partial charge in [-0.1, -0.05) is 12.1 Å². The van der Waals surface area contributed by atoms with Gasteiger partial charge in [-0.25, -0.2) is 0 Å². The summed E-state index contributed by atoms with van der Waals surface area (Å²) >= 11 is 0. The van der Waals surface area contributed by atoms with Crippen molar-refractivity contribution in [2.24, 2.45) is 10.7 Å². The minimum Gasteiger partial charge on any atom is -0.404 e. The van der Waals surface area contributed by atoms with Gasteiger partial charge in [0.1, 0.15) is 11.5 Å². The van der Waals surface area contributed by atoms with Gasteiger partial charge in [-0.3, -0.25) is 14.8 Å². The van der Waals surface area contributed by atoms with Crippen molar-refractivity contribution in [3.05, 3.63) is 70.3 Å². The minimum atomic E-state index is -0.284. The molecule has 7 heteroatoms. The van der Waals surface area contributed by atoms with Crippen molar-refractivity contribution in [2.75, 3.05) is 18.1 Å². The largest absolute Gasteiger partial charge is 0.404 e. The van der Waals surface area contributed by atoms with Crippen LogP contribution in [0.2, 0.25) is 0 Å². The summed E-state index contributed by atoms with van der Waals surface area (Å²) in [5.74, 6) is 0.447. The maximum absolute atomic E-state index is 12.2. The third-order valence-electron chi connectivity index (χ3n) is 3.97. The number of aromatic nitrogens is 2. The molecule has 0 unspecified atom stereocenters. The Morgan fingerprint density at radius 3 is 2.96 bits per heavy atom. The summed E-state index contributed by atoms with van der Waals surface area (Å²) < 4.78 is 0. The molecule has 0 saturated carbocycles. The van der Waals surface area contributed by atoms with Crippen LogP contribution in [0.25, 0.3) is 16.5 Å². The molecule has 0 aliphatic rings. The Kier molecular flexibility index (Phi) is 4.98. The fourth-order valence-corrected chi connectivity index (χ4v) is 2.63. The first-order chi connectivity index (χ1) is 12.6. The van der Waals surface area contributed by atoms with E-state index < -0.39 is 0 Å². The maximum atomic E-state index is 12.2. The van der Waals surface area contributed by atoms with Crippen molar-refractivity contribution < 1.29 is 0 Å². The molecule has 3 rings (SSSR count). The van der Waals surface area contributed by atoms with Crippen LogP contribution >= 0.6 is 0 Å². The van der Waals surface area contributed by atoms with E-state index in [9.17, 15) is 4.79 Å². The number of aliphatic imine (C=N–C) groups is 1. The van der Waals surface area contributed by atoms with Crippen LogP contribution in [-0.4, -0.2) is 23.2 Å².